The van der Waals surface area contributed by atoms with E-state index < -0.39 is 11.9 Å². The minimum atomic E-state index is -0.835. The van der Waals surface area contributed by atoms with Crippen LogP contribution in [0.1, 0.15) is 18.4 Å². The van der Waals surface area contributed by atoms with Crippen LogP contribution in [0.2, 0.25) is 0 Å². The first-order valence-corrected chi connectivity index (χ1v) is 6.63. The number of urea groups is 1. The molecule has 2 unspecified atom stereocenters. The lowest BCUT2D eigenvalue weighted by atomic mass is 10.0. The Balaban J connectivity index is 1.88. The SMILES string of the molecule is CC1C(C(=O)O)CCN1C(=O)NCc1nccs1. The zero-order valence-electron chi connectivity index (χ0n) is 10.00. The number of hydrogen-bond acceptors (Lipinski definition) is 4. The van der Waals surface area contributed by atoms with E-state index in [1.165, 1.54) is 11.3 Å². The Morgan fingerprint density at radius 1 is 1.67 bits per heavy atom. The summed E-state index contributed by atoms with van der Waals surface area (Å²) < 4.78 is 0. The highest BCUT2D eigenvalue weighted by molar-refractivity contribution is 7.09. The number of nitrogens with one attached hydrogen (secondary N) is 1. The van der Waals surface area contributed by atoms with Crippen molar-refractivity contribution in [3.05, 3.63) is 16.6 Å². The smallest absolute Gasteiger partial charge is 0.318 e. The highest BCUT2D eigenvalue weighted by atomic mass is 32.1. The van der Waals surface area contributed by atoms with Crippen LogP contribution < -0.4 is 5.32 Å². The lowest BCUT2D eigenvalue weighted by molar-refractivity contribution is -0.142. The van der Waals surface area contributed by atoms with Crippen LogP contribution in [0.25, 0.3) is 0 Å². The molecule has 0 radical (unpaired) electrons. The topological polar surface area (TPSA) is 82.5 Å². The highest BCUT2D eigenvalue weighted by Crippen LogP contribution is 2.24. The molecule has 98 valence electrons. The average Bonchev–Trinajstić information content (AvgIpc) is 2.94. The van der Waals surface area contributed by atoms with Gasteiger partial charge in [-0.05, 0) is 13.3 Å². The second kappa shape index (κ2) is 5.34. The molecule has 2 atom stereocenters. The number of nitrogens with zero attached hydrogens (tertiary/aromatic N) is 2. The molecule has 2 heterocycles. The third-order valence-corrected chi connectivity index (χ3v) is 3.99. The van der Waals surface area contributed by atoms with Gasteiger partial charge < -0.3 is 15.3 Å². The summed E-state index contributed by atoms with van der Waals surface area (Å²) >= 11 is 1.48. The van der Waals surface area contributed by atoms with Crippen molar-refractivity contribution in [1.29, 1.82) is 0 Å². The van der Waals surface area contributed by atoms with Crippen molar-refractivity contribution in [1.82, 2.24) is 15.2 Å². The Morgan fingerprint density at radius 2 is 2.44 bits per heavy atom. The van der Waals surface area contributed by atoms with Crippen molar-refractivity contribution >= 4 is 23.3 Å². The van der Waals surface area contributed by atoms with Gasteiger partial charge in [0.25, 0.3) is 0 Å². The second-order valence-corrected chi connectivity index (χ2v) is 5.23. The minimum Gasteiger partial charge on any atom is -0.481 e. The molecular formula is C11H15N3O3S. The first kappa shape index (κ1) is 12.8. The molecule has 1 fully saturated rings. The van der Waals surface area contributed by atoms with Gasteiger partial charge in [0.1, 0.15) is 5.01 Å². The Hall–Kier alpha value is -1.63. The number of likely N-dealkylation sites (tertiary alicyclic amines) is 1. The largest absolute Gasteiger partial charge is 0.481 e. The van der Waals surface area contributed by atoms with Crippen LogP contribution in [0.3, 0.4) is 0 Å². The monoisotopic (exact) mass is 269 g/mol. The average molecular weight is 269 g/mol. The van der Waals surface area contributed by atoms with Crippen LogP contribution in [-0.4, -0.2) is 39.6 Å². The van der Waals surface area contributed by atoms with Gasteiger partial charge in [0, 0.05) is 24.2 Å². The van der Waals surface area contributed by atoms with E-state index in [9.17, 15) is 9.59 Å². The summed E-state index contributed by atoms with van der Waals surface area (Å²) in [5.74, 6) is -1.30. The quantitative estimate of drug-likeness (QED) is 0.862. The molecule has 0 aliphatic carbocycles. The van der Waals surface area contributed by atoms with Crippen molar-refractivity contribution in [2.75, 3.05) is 6.54 Å². The number of carbonyl (C=O) groups is 2. The molecule has 2 N–H and O–H groups in total. The third-order valence-electron chi connectivity index (χ3n) is 3.21. The summed E-state index contributed by atoms with van der Waals surface area (Å²) in [6.07, 6.45) is 2.20. The molecule has 0 saturated carbocycles. The number of carboxylic acids is 1. The van der Waals surface area contributed by atoms with E-state index in [0.717, 1.165) is 5.01 Å². The van der Waals surface area contributed by atoms with Gasteiger partial charge in [0.2, 0.25) is 0 Å². The van der Waals surface area contributed by atoms with Crippen LogP contribution in [0.15, 0.2) is 11.6 Å². The first-order chi connectivity index (χ1) is 8.59. The summed E-state index contributed by atoms with van der Waals surface area (Å²) in [5, 5.41) is 14.4. The lowest BCUT2D eigenvalue weighted by Gasteiger charge is -2.23. The van der Waals surface area contributed by atoms with E-state index in [1.807, 2.05) is 5.38 Å². The predicted octanol–water partition coefficient (Wildman–Crippen LogP) is 1.15. The Labute approximate surface area is 109 Å². The lowest BCUT2D eigenvalue weighted by Crippen LogP contribution is -2.43. The van der Waals surface area contributed by atoms with Gasteiger partial charge in [-0.2, -0.15) is 0 Å². The molecule has 1 aliphatic rings. The van der Waals surface area contributed by atoms with E-state index >= 15 is 0 Å². The van der Waals surface area contributed by atoms with Gasteiger partial charge in [-0.25, -0.2) is 9.78 Å². The number of amides is 2. The Bertz CT molecular complexity index is 435. The van der Waals surface area contributed by atoms with Gasteiger partial charge in [0.15, 0.2) is 0 Å². The van der Waals surface area contributed by atoms with E-state index in [0.29, 0.717) is 19.5 Å². The molecule has 7 heteroatoms. The summed E-state index contributed by atoms with van der Waals surface area (Å²) in [4.78, 5) is 28.5. The second-order valence-electron chi connectivity index (χ2n) is 4.25. The number of carboxylic acid groups (broad SMARTS) is 1. The van der Waals surface area contributed by atoms with Crippen molar-refractivity contribution in [3.8, 4) is 0 Å². The Morgan fingerprint density at radius 3 is 3.00 bits per heavy atom. The van der Waals surface area contributed by atoms with Crippen molar-refractivity contribution < 1.29 is 14.7 Å². The molecule has 0 spiro atoms. The normalized spacial score (nSPS) is 23.1. The molecule has 1 aromatic rings. The summed E-state index contributed by atoms with van der Waals surface area (Å²) in [5.41, 5.74) is 0. The zero-order chi connectivity index (χ0) is 13.1. The molecule has 2 amide bonds. The standard InChI is InChI=1S/C11H15N3O3S/c1-7-8(10(15)16)2-4-14(7)11(17)13-6-9-12-3-5-18-9/h3,5,7-8H,2,4,6H2,1H3,(H,13,17)(H,15,16). The maximum absolute atomic E-state index is 11.9. The predicted molar refractivity (Wildman–Crippen MR) is 66.3 cm³/mol. The van der Waals surface area contributed by atoms with E-state index in [4.69, 9.17) is 5.11 Å². The zero-order valence-corrected chi connectivity index (χ0v) is 10.8. The number of thiazole rings is 1. The van der Waals surface area contributed by atoms with E-state index in [1.54, 1.807) is 18.0 Å². The maximum atomic E-state index is 11.9. The third kappa shape index (κ3) is 2.61. The van der Waals surface area contributed by atoms with E-state index in [-0.39, 0.29) is 12.1 Å². The fraction of sp³-hybridized carbons (Fsp3) is 0.545. The van der Waals surface area contributed by atoms with Crippen molar-refractivity contribution in [2.24, 2.45) is 5.92 Å². The number of aromatic nitrogens is 1. The molecule has 1 aliphatic heterocycles. The van der Waals surface area contributed by atoms with Crippen molar-refractivity contribution in [3.63, 3.8) is 0 Å². The molecule has 1 aromatic heterocycles. The first-order valence-electron chi connectivity index (χ1n) is 5.75. The number of aliphatic carboxylic acids is 1. The van der Waals surface area contributed by atoms with Crippen LogP contribution >= 0.6 is 11.3 Å². The Kier molecular flexibility index (Phi) is 3.81. The van der Waals surface area contributed by atoms with Crippen molar-refractivity contribution in [2.45, 2.75) is 25.9 Å². The van der Waals surface area contributed by atoms with Crippen LogP contribution in [-0.2, 0) is 11.3 Å². The molecule has 1 saturated heterocycles. The molecular weight excluding hydrogens is 254 g/mol. The molecule has 0 bridgehead atoms. The summed E-state index contributed by atoms with van der Waals surface area (Å²) in [6.45, 7) is 2.65. The minimum absolute atomic E-state index is 0.221. The molecule has 2 rings (SSSR count). The van der Waals surface area contributed by atoms with Gasteiger partial charge in [-0.1, -0.05) is 0 Å². The fourth-order valence-corrected chi connectivity index (χ4v) is 2.71. The maximum Gasteiger partial charge on any atom is 0.318 e. The molecule has 6 nitrogen and oxygen atoms in total. The molecule has 0 aromatic carbocycles. The molecule has 18 heavy (non-hydrogen) atoms. The fourth-order valence-electron chi connectivity index (χ4n) is 2.15. The van der Waals surface area contributed by atoms with Gasteiger partial charge >= 0.3 is 12.0 Å². The summed E-state index contributed by atoms with van der Waals surface area (Å²) in [7, 11) is 0. The highest BCUT2D eigenvalue weighted by Gasteiger charge is 2.37. The van der Waals surface area contributed by atoms with Crippen LogP contribution in [0.4, 0.5) is 4.79 Å². The van der Waals surface area contributed by atoms with Gasteiger partial charge in [-0.15, -0.1) is 11.3 Å². The van der Waals surface area contributed by atoms with Gasteiger partial charge in [0.05, 0.1) is 12.5 Å². The number of hydrogen-bond donors (Lipinski definition) is 2. The number of carbonyl (C=O) groups excluding carboxylic acids is 1. The van der Waals surface area contributed by atoms with Crippen LogP contribution in [0.5, 0.6) is 0 Å². The van der Waals surface area contributed by atoms with E-state index in [2.05, 4.69) is 10.3 Å². The van der Waals surface area contributed by atoms with Crippen LogP contribution in [0, 0.1) is 5.92 Å². The van der Waals surface area contributed by atoms with Gasteiger partial charge in [-0.3, -0.25) is 4.79 Å². The number of rotatable bonds is 3. The summed E-state index contributed by atoms with van der Waals surface area (Å²) in [6, 6.07) is -0.486.